The molecule has 1 aliphatic heterocycles. The van der Waals surface area contributed by atoms with Crippen LogP contribution in [0.3, 0.4) is 0 Å². The van der Waals surface area contributed by atoms with Crippen LogP contribution in [0, 0.1) is 12.8 Å². The Morgan fingerprint density at radius 1 is 1.26 bits per heavy atom. The fourth-order valence-electron chi connectivity index (χ4n) is 3.36. The molecule has 0 aromatic carbocycles. The predicted molar refractivity (Wildman–Crippen MR) is 107 cm³/mol. The summed E-state index contributed by atoms with van der Waals surface area (Å²) in [6, 6.07) is 1.65. The zero-order valence-corrected chi connectivity index (χ0v) is 17.4. The lowest BCUT2D eigenvalue weighted by atomic mass is 9.92. The van der Waals surface area contributed by atoms with Crippen molar-refractivity contribution >= 4 is 17.2 Å². The number of aryl methyl sites for hydroxylation is 1. The second-order valence-corrected chi connectivity index (χ2v) is 9.68. The number of carbonyl (C=O) groups is 1. The summed E-state index contributed by atoms with van der Waals surface area (Å²) in [7, 11) is 0. The summed E-state index contributed by atoms with van der Waals surface area (Å²) in [6.45, 7) is 10.3. The highest BCUT2D eigenvalue weighted by molar-refractivity contribution is 7.11. The molecule has 0 spiro atoms. The predicted octanol–water partition coefficient (Wildman–Crippen LogP) is 2.79. The normalized spacial score (nSPS) is 15.9. The summed E-state index contributed by atoms with van der Waals surface area (Å²) in [6.07, 6.45) is 5.74. The van der Waals surface area contributed by atoms with Gasteiger partial charge in [-0.2, -0.15) is 0 Å². The van der Waals surface area contributed by atoms with Crippen molar-refractivity contribution in [3.8, 4) is 0 Å². The number of rotatable bonds is 4. The average molecular weight is 389 g/mol. The largest absolute Gasteiger partial charge is 0.342 e. The van der Waals surface area contributed by atoms with Crippen LogP contribution in [-0.4, -0.2) is 38.4 Å². The molecular formula is C20H28N4O2S. The quantitative estimate of drug-likeness (QED) is 0.808. The number of aromatic nitrogens is 3. The van der Waals surface area contributed by atoms with Crippen LogP contribution in [-0.2, 0) is 23.2 Å². The second kappa shape index (κ2) is 7.92. The van der Waals surface area contributed by atoms with Gasteiger partial charge in [-0.25, -0.2) is 9.97 Å². The monoisotopic (exact) mass is 388 g/mol. The van der Waals surface area contributed by atoms with E-state index in [1.54, 1.807) is 34.5 Å². The van der Waals surface area contributed by atoms with E-state index in [0.29, 0.717) is 18.9 Å². The number of carbonyl (C=O) groups excluding carboxylic acids is 1. The van der Waals surface area contributed by atoms with Gasteiger partial charge in [0, 0.05) is 42.2 Å². The molecule has 2 aromatic heterocycles. The average Bonchev–Trinajstić information content (AvgIpc) is 3.01. The van der Waals surface area contributed by atoms with Crippen LogP contribution in [0.5, 0.6) is 0 Å². The third-order valence-corrected chi connectivity index (χ3v) is 5.98. The van der Waals surface area contributed by atoms with Crippen LogP contribution < -0.4 is 5.56 Å². The molecule has 3 rings (SSSR count). The zero-order valence-electron chi connectivity index (χ0n) is 16.6. The number of amides is 1. The summed E-state index contributed by atoms with van der Waals surface area (Å²) in [5.41, 5.74) is 0.706. The number of nitrogens with zero attached hydrogens (tertiary/aromatic N) is 4. The third-order valence-electron chi connectivity index (χ3n) is 5.06. The Bertz CT molecular complexity index is 857. The molecule has 0 radical (unpaired) electrons. The first-order valence-corrected chi connectivity index (χ1v) is 10.3. The topological polar surface area (TPSA) is 68.1 Å². The van der Waals surface area contributed by atoms with Crippen LogP contribution in [0.4, 0.5) is 0 Å². The minimum atomic E-state index is -0.124. The van der Waals surface area contributed by atoms with Crippen molar-refractivity contribution in [3.63, 3.8) is 0 Å². The molecule has 3 heterocycles. The first-order valence-electron chi connectivity index (χ1n) is 9.48. The molecule has 0 saturated carbocycles. The first kappa shape index (κ1) is 19.7. The van der Waals surface area contributed by atoms with Crippen molar-refractivity contribution < 1.29 is 4.79 Å². The van der Waals surface area contributed by atoms with Gasteiger partial charge in [0.25, 0.3) is 5.56 Å². The van der Waals surface area contributed by atoms with Gasteiger partial charge in [0.05, 0.1) is 23.4 Å². The van der Waals surface area contributed by atoms with Gasteiger partial charge < -0.3 is 4.90 Å². The van der Waals surface area contributed by atoms with Crippen LogP contribution in [0.15, 0.2) is 23.4 Å². The maximum Gasteiger partial charge on any atom is 0.253 e. The first-order chi connectivity index (χ1) is 12.7. The standard InChI is InChI=1S/C20H28N4O2S/c1-14-21-11-16(27-14)9-18(25)23-7-5-15(6-8-23)12-24-13-22-17(10-19(24)26)20(2,3)4/h10-11,13,15H,5-9,12H2,1-4H3. The molecular weight excluding hydrogens is 360 g/mol. The molecule has 0 aliphatic carbocycles. The third kappa shape index (κ3) is 5.03. The highest BCUT2D eigenvalue weighted by atomic mass is 32.1. The summed E-state index contributed by atoms with van der Waals surface area (Å²) in [4.78, 5) is 36.5. The fourth-order valence-corrected chi connectivity index (χ4v) is 4.15. The summed E-state index contributed by atoms with van der Waals surface area (Å²) >= 11 is 1.58. The van der Waals surface area contributed by atoms with Crippen LogP contribution >= 0.6 is 11.3 Å². The van der Waals surface area contributed by atoms with E-state index in [2.05, 4.69) is 30.7 Å². The Labute approximate surface area is 164 Å². The van der Waals surface area contributed by atoms with E-state index in [4.69, 9.17) is 0 Å². The molecule has 0 N–H and O–H groups in total. The lowest BCUT2D eigenvalue weighted by molar-refractivity contribution is -0.131. The van der Waals surface area contributed by atoms with Crippen LogP contribution in [0.1, 0.15) is 49.2 Å². The molecule has 0 atom stereocenters. The van der Waals surface area contributed by atoms with E-state index in [1.165, 1.54) is 0 Å². The van der Waals surface area contributed by atoms with Crippen molar-refractivity contribution in [2.75, 3.05) is 13.1 Å². The maximum atomic E-state index is 12.5. The van der Waals surface area contributed by atoms with Gasteiger partial charge in [0.2, 0.25) is 5.91 Å². The summed E-state index contributed by atoms with van der Waals surface area (Å²) in [5.74, 6) is 0.574. The van der Waals surface area contributed by atoms with Crippen molar-refractivity contribution in [1.82, 2.24) is 19.4 Å². The number of hydrogen-bond acceptors (Lipinski definition) is 5. The molecule has 2 aromatic rings. The Morgan fingerprint density at radius 2 is 1.96 bits per heavy atom. The number of thiazole rings is 1. The van der Waals surface area contributed by atoms with Crippen molar-refractivity contribution in [2.24, 2.45) is 5.92 Å². The van der Waals surface area contributed by atoms with Crippen molar-refractivity contribution in [1.29, 1.82) is 0 Å². The van der Waals surface area contributed by atoms with Gasteiger partial charge in [-0.1, -0.05) is 20.8 Å². The van der Waals surface area contributed by atoms with Crippen LogP contribution in [0.25, 0.3) is 0 Å². The van der Waals surface area contributed by atoms with Gasteiger partial charge in [0.1, 0.15) is 0 Å². The van der Waals surface area contributed by atoms with E-state index in [0.717, 1.165) is 41.5 Å². The lowest BCUT2D eigenvalue weighted by Gasteiger charge is -2.32. The van der Waals surface area contributed by atoms with Gasteiger partial charge in [-0.15, -0.1) is 11.3 Å². The molecule has 0 bridgehead atoms. The molecule has 1 amide bonds. The van der Waals surface area contributed by atoms with Gasteiger partial charge in [-0.05, 0) is 25.7 Å². The molecule has 6 nitrogen and oxygen atoms in total. The van der Waals surface area contributed by atoms with E-state index in [9.17, 15) is 9.59 Å². The van der Waals surface area contributed by atoms with Crippen molar-refractivity contribution in [2.45, 2.75) is 58.9 Å². The molecule has 27 heavy (non-hydrogen) atoms. The Kier molecular flexibility index (Phi) is 5.79. The van der Waals surface area contributed by atoms with E-state index < -0.39 is 0 Å². The summed E-state index contributed by atoms with van der Waals surface area (Å²) < 4.78 is 1.71. The highest BCUT2D eigenvalue weighted by Crippen LogP contribution is 2.21. The van der Waals surface area contributed by atoms with Gasteiger partial charge >= 0.3 is 0 Å². The minimum absolute atomic E-state index is 0.00833. The summed E-state index contributed by atoms with van der Waals surface area (Å²) in [5, 5.41) is 0.994. The number of hydrogen-bond donors (Lipinski definition) is 0. The van der Waals surface area contributed by atoms with E-state index in [-0.39, 0.29) is 16.9 Å². The van der Waals surface area contributed by atoms with Gasteiger partial charge in [-0.3, -0.25) is 14.2 Å². The van der Waals surface area contributed by atoms with Crippen molar-refractivity contribution in [3.05, 3.63) is 44.5 Å². The fraction of sp³-hybridized carbons (Fsp3) is 0.600. The highest BCUT2D eigenvalue weighted by Gasteiger charge is 2.24. The van der Waals surface area contributed by atoms with E-state index >= 15 is 0 Å². The zero-order chi connectivity index (χ0) is 19.6. The Morgan fingerprint density at radius 3 is 2.52 bits per heavy atom. The van der Waals surface area contributed by atoms with Gasteiger partial charge in [0.15, 0.2) is 0 Å². The van der Waals surface area contributed by atoms with E-state index in [1.807, 2.05) is 11.8 Å². The Hall–Kier alpha value is -2.02. The Balaban J connectivity index is 1.53. The SMILES string of the molecule is Cc1ncc(CC(=O)N2CCC(Cn3cnc(C(C)(C)C)cc3=O)CC2)s1. The molecule has 1 saturated heterocycles. The van der Waals surface area contributed by atoms with Crippen LogP contribution in [0.2, 0.25) is 0 Å². The smallest absolute Gasteiger partial charge is 0.253 e. The molecule has 146 valence electrons. The molecule has 7 heteroatoms. The maximum absolute atomic E-state index is 12.5. The molecule has 1 fully saturated rings. The second-order valence-electron chi connectivity index (χ2n) is 8.36. The molecule has 0 unspecified atom stereocenters. The molecule has 1 aliphatic rings. The minimum Gasteiger partial charge on any atom is -0.342 e. The lowest BCUT2D eigenvalue weighted by Crippen LogP contribution is -2.40. The number of piperidine rings is 1. The number of likely N-dealkylation sites (tertiary alicyclic amines) is 1.